The van der Waals surface area contributed by atoms with Gasteiger partial charge in [-0.05, 0) is 37.3 Å². The van der Waals surface area contributed by atoms with E-state index in [1.54, 1.807) is 4.90 Å². The van der Waals surface area contributed by atoms with Crippen molar-refractivity contribution in [3.05, 3.63) is 29.3 Å². The number of amides is 2. The van der Waals surface area contributed by atoms with E-state index >= 15 is 0 Å². The summed E-state index contributed by atoms with van der Waals surface area (Å²) in [5.41, 5.74) is 3.10. The van der Waals surface area contributed by atoms with Gasteiger partial charge >= 0.3 is 6.09 Å². The van der Waals surface area contributed by atoms with Crippen molar-refractivity contribution in [2.75, 3.05) is 25.5 Å². The molecule has 2 rings (SSSR count). The predicted octanol–water partition coefficient (Wildman–Crippen LogP) is 2.97. The van der Waals surface area contributed by atoms with E-state index in [-0.39, 0.29) is 17.9 Å². The Labute approximate surface area is 131 Å². The van der Waals surface area contributed by atoms with Crippen LogP contribution in [0.15, 0.2) is 18.2 Å². The quantitative estimate of drug-likeness (QED) is 0.934. The van der Waals surface area contributed by atoms with Crippen molar-refractivity contribution in [1.82, 2.24) is 4.90 Å². The van der Waals surface area contributed by atoms with E-state index in [1.165, 1.54) is 7.11 Å². The Morgan fingerprint density at radius 3 is 2.86 bits per heavy atom. The van der Waals surface area contributed by atoms with E-state index in [9.17, 15) is 9.59 Å². The first-order valence-corrected chi connectivity index (χ1v) is 7.79. The summed E-state index contributed by atoms with van der Waals surface area (Å²) in [5, 5.41) is 3.06. The number of anilines is 1. The molecule has 0 bridgehead atoms. The molecule has 1 heterocycles. The zero-order valence-electron chi connectivity index (χ0n) is 13.5. The Bertz CT molecular complexity index is 557. The maximum absolute atomic E-state index is 12.6. The first-order valence-electron chi connectivity index (χ1n) is 7.79. The van der Waals surface area contributed by atoms with Gasteiger partial charge in [0.1, 0.15) is 0 Å². The number of hydrogen-bond donors (Lipinski definition) is 1. The van der Waals surface area contributed by atoms with Gasteiger partial charge in [-0.25, -0.2) is 4.79 Å². The SMILES string of the molecule is CCc1cccc(C)c1NC(=O)C1CCCN(C(=O)OC)C1. The molecule has 5 heteroatoms. The van der Waals surface area contributed by atoms with Crippen molar-refractivity contribution in [3.63, 3.8) is 0 Å². The molecule has 0 spiro atoms. The van der Waals surface area contributed by atoms with E-state index in [2.05, 4.69) is 12.2 Å². The lowest BCUT2D eigenvalue weighted by atomic mass is 9.96. The second kappa shape index (κ2) is 7.29. The predicted molar refractivity (Wildman–Crippen MR) is 85.9 cm³/mol. The Balaban J connectivity index is 2.08. The van der Waals surface area contributed by atoms with Gasteiger partial charge < -0.3 is 15.0 Å². The molecule has 0 aliphatic carbocycles. The molecular formula is C17H24N2O3. The molecule has 1 atom stereocenters. The fourth-order valence-corrected chi connectivity index (χ4v) is 2.91. The number of ether oxygens (including phenoxy) is 1. The number of para-hydroxylation sites is 1. The number of nitrogens with zero attached hydrogens (tertiary/aromatic N) is 1. The smallest absolute Gasteiger partial charge is 0.409 e. The summed E-state index contributed by atoms with van der Waals surface area (Å²) in [5.74, 6) is -0.199. The van der Waals surface area contributed by atoms with Gasteiger partial charge in [-0.3, -0.25) is 4.79 Å². The molecule has 0 aromatic heterocycles. The summed E-state index contributed by atoms with van der Waals surface area (Å²) < 4.78 is 4.75. The number of methoxy groups -OCH3 is 1. The van der Waals surface area contributed by atoms with Gasteiger partial charge in [0.25, 0.3) is 0 Å². The summed E-state index contributed by atoms with van der Waals surface area (Å²) >= 11 is 0. The summed E-state index contributed by atoms with van der Waals surface area (Å²) in [7, 11) is 1.37. The molecule has 0 radical (unpaired) electrons. The van der Waals surface area contributed by atoms with E-state index < -0.39 is 0 Å². The summed E-state index contributed by atoms with van der Waals surface area (Å²) in [6.07, 6.45) is 2.13. The molecule has 5 nitrogen and oxygen atoms in total. The lowest BCUT2D eigenvalue weighted by Crippen LogP contribution is -2.43. The third-order valence-corrected chi connectivity index (χ3v) is 4.21. The number of rotatable bonds is 3. The molecular weight excluding hydrogens is 280 g/mol. The van der Waals surface area contributed by atoms with Crippen LogP contribution < -0.4 is 5.32 Å². The van der Waals surface area contributed by atoms with Gasteiger partial charge in [-0.15, -0.1) is 0 Å². The molecule has 0 saturated carbocycles. The highest BCUT2D eigenvalue weighted by atomic mass is 16.5. The van der Waals surface area contributed by atoms with Gasteiger partial charge in [0, 0.05) is 18.8 Å². The van der Waals surface area contributed by atoms with Crippen LogP contribution in [0.4, 0.5) is 10.5 Å². The first-order chi connectivity index (χ1) is 10.6. The first kappa shape index (κ1) is 16.3. The van der Waals surface area contributed by atoms with Crippen molar-refractivity contribution in [3.8, 4) is 0 Å². The number of carbonyl (C=O) groups excluding carboxylic acids is 2. The largest absolute Gasteiger partial charge is 0.453 e. The van der Waals surface area contributed by atoms with Crippen molar-refractivity contribution < 1.29 is 14.3 Å². The van der Waals surface area contributed by atoms with Crippen LogP contribution >= 0.6 is 0 Å². The van der Waals surface area contributed by atoms with Crippen LogP contribution in [0.25, 0.3) is 0 Å². The second-order valence-electron chi connectivity index (χ2n) is 5.71. The number of likely N-dealkylation sites (tertiary alicyclic amines) is 1. The summed E-state index contributed by atoms with van der Waals surface area (Å²) in [6, 6.07) is 6.03. The number of carbonyl (C=O) groups is 2. The van der Waals surface area contributed by atoms with E-state index in [0.717, 1.165) is 36.1 Å². The lowest BCUT2D eigenvalue weighted by Gasteiger charge is -2.31. The number of hydrogen-bond acceptors (Lipinski definition) is 3. The Kier molecular flexibility index (Phi) is 5.41. The Morgan fingerprint density at radius 2 is 2.18 bits per heavy atom. The van der Waals surface area contributed by atoms with Crippen molar-refractivity contribution >= 4 is 17.7 Å². The standard InChI is InChI=1S/C17H24N2O3/c1-4-13-8-5-7-12(2)15(13)18-16(20)14-9-6-10-19(11-14)17(21)22-3/h5,7-8,14H,4,6,9-11H2,1-3H3,(H,18,20). The molecule has 1 aromatic carbocycles. The Morgan fingerprint density at radius 1 is 1.41 bits per heavy atom. The monoisotopic (exact) mass is 304 g/mol. The molecule has 1 fully saturated rings. The van der Waals surface area contributed by atoms with Gasteiger partial charge in [-0.1, -0.05) is 25.1 Å². The lowest BCUT2D eigenvalue weighted by molar-refractivity contribution is -0.121. The van der Waals surface area contributed by atoms with E-state index in [1.807, 2.05) is 25.1 Å². The van der Waals surface area contributed by atoms with Crippen LogP contribution in [-0.4, -0.2) is 37.1 Å². The zero-order valence-corrected chi connectivity index (χ0v) is 13.5. The van der Waals surface area contributed by atoms with Crippen molar-refractivity contribution in [2.45, 2.75) is 33.1 Å². The molecule has 1 N–H and O–H groups in total. The minimum absolute atomic E-state index is 0.0161. The minimum atomic E-state index is -0.359. The number of piperidine rings is 1. The number of nitrogens with one attached hydrogen (secondary N) is 1. The van der Waals surface area contributed by atoms with Gasteiger partial charge in [0.05, 0.1) is 13.0 Å². The van der Waals surface area contributed by atoms with Crippen LogP contribution in [0.2, 0.25) is 0 Å². The maximum Gasteiger partial charge on any atom is 0.409 e. The van der Waals surface area contributed by atoms with Gasteiger partial charge in [0.15, 0.2) is 0 Å². The second-order valence-corrected chi connectivity index (χ2v) is 5.71. The Hall–Kier alpha value is -2.04. The van der Waals surface area contributed by atoms with Gasteiger partial charge in [0.2, 0.25) is 5.91 Å². The molecule has 1 aliphatic heterocycles. The van der Waals surface area contributed by atoms with E-state index in [4.69, 9.17) is 4.74 Å². The molecule has 120 valence electrons. The van der Waals surface area contributed by atoms with Crippen molar-refractivity contribution in [1.29, 1.82) is 0 Å². The summed E-state index contributed by atoms with van der Waals surface area (Å²) in [6.45, 7) is 5.15. The third-order valence-electron chi connectivity index (χ3n) is 4.21. The topological polar surface area (TPSA) is 58.6 Å². The van der Waals surface area contributed by atoms with Gasteiger partial charge in [-0.2, -0.15) is 0 Å². The fraction of sp³-hybridized carbons (Fsp3) is 0.529. The maximum atomic E-state index is 12.6. The number of aryl methyl sites for hydroxylation is 2. The van der Waals surface area contributed by atoms with Crippen LogP contribution in [-0.2, 0) is 16.0 Å². The van der Waals surface area contributed by atoms with Crippen LogP contribution in [0, 0.1) is 12.8 Å². The normalized spacial score (nSPS) is 18.0. The average Bonchev–Trinajstić information content (AvgIpc) is 2.55. The molecule has 1 aliphatic rings. The number of benzene rings is 1. The molecule has 1 aromatic rings. The minimum Gasteiger partial charge on any atom is -0.453 e. The molecule has 2 amide bonds. The zero-order chi connectivity index (χ0) is 16.1. The van der Waals surface area contributed by atoms with Crippen LogP contribution in [0.3, 0.4) is 0 Å². The van der Waals surface area contributed by atoms with Crippen molar-refractivity contribution in [2.24, 2.45) is 5.92 Å². The fourth-order valence-electron chi connectivity index (χ4n) is 2.91. The van der Waals surface area contributed by atoms with Crippen LogP contribution in [0.5, 0.6) is 0 Å². The highest BCUT2D eigenvalue weighted by Gasteiger charge is 2.29. The van der Waals surface area contributed by atoms with Crippen LogP contribution in [0.1, 0.15) is 30.9 Å². The molecule has 1 saturated heterocycles. The highest BCUT2D eigenvalue weighted by Crippen LogP contribution is 2.24. The summed E-state index contributed by atoms with van der Waals surface area (Å²) in [4.78, 5) is 25.8. The highest BCUT2D eigenvalue weighted by molar-refractivity contribution is 5.94. The molecule has 22 heavy (non-hydrogen) atoms. The van der Waals surface area contributed by atoms with E-state index in [0.29, 0.717) is 13.1 Å². The average molecular weight is 304 g/mol. The third kappa shape index (κ3) is 3.59. The molecule has 1 unspecified atom stereocenters.